The molecule has 0 aliphatic carbocycles. The predicted molar refractivity (Wildman–Crippen MR) is 48.2 cm³/mol. The van der Waals surface area contributed by atoms with Crippen molar-refractivity contribution >= 4 is 10.4 Å². The first-order valence-corrected chi connectivity index (χ1v) is 6.56. The Balaban J connectivity index is 0. The summed E-state index contributed by atoms with van der Waals surface area (Å²) in [7, 11) is -4.67. The third kappa shape index (κ3) is 22.8. The molecule has 0 spiro atoms. The zero-order chi connectivity index (χ0) is 11.8. The fourth-order valence-corrected chi connectivity index (χ4v) is 1.54. The number of rotatable bonds is 4. The molecule has 2 unspecified atom stereocenters. The molecular weight excluding hydrogens is 307 g/mol. The van der Waals surface area contributed by atoms with Crippen LogP contribution in [-0.2, 0) is 28.4 Å². The summed E-state index contributed by atoms with van der Waals surface area (Å²) in [5.74, 6) is 0. The molecule has 2 atom stereocenters. The van der Waals surface area contributed by atoms with Gasteiger partial charge in [-0.2, -0.15) is 8.42 Å². The summed E-state index contributed by atoms with van der Waals surface area (Å²) in [6.45, 7) is 1.00. The van der Waals surface area contributed by atoms with Crippen LogP contribution in [-0.4, -0.2) is 39.6 Å². The molecule has 14 heavy (non-hydrogen) atoms. The van der Waals surface area contributed by atoms with Gasteiger partial charge in [0.05, 0.1) is 0 Å². The van der Waals surface area contributed by atoms with E-state index in [1.807, 2.05) is 0 Å². The van der Waals surface area contributed by atoms with Crippen molar-refractivity contribution in [3.63, 3.8) is 0 Å². The van der Waals surface area contributed by atoms with Gasteiger partial charge in [0.25, 0.3) is 0 Å². The van der Waals surface area contributed by atoms with Crippen LogP contribution in [0.1, 0.15) is 0 Å². The summed E-state index contributed by atoms with van der Waals surface area (Å²) >= 11 is 0.301. The van der Waals surface area contributed by atoms with E-state index in [2.05, 4.69) is 0 Å². The maximum absolute atomic E-state index is 8.74. The van der Waals surface area contributed by atoms with Crippen molar-refractivity contribution in [3.05, 3.63) is 0 Å². The zero-order valence-corrected chi connectivity index (χ0v) is 9.68. The summed E-state index contributed by atoms with van der Waals surface area (Å²) in [5, 5.41) is 0. The van der Waals surface area contributed by atoms with E-state index in [1.54, 1.807) is 0 Å². The van der Waals surface area contributed by atoms with Crippen LogP contribution in [0.25, 0.3) is 0 Å². The smallest absolute Gasteiger partial charge is 0.264 e. The molecule has 0 aliphatic rings. The van der Waals surface area contributed by atoms with Gasteiger partial charge in [-0.1, -0.05) is 0 Å². The van der Waals surface area contributed by atoms with Crippen molar-refractivity contribution in [1.29, 1.82) is 0 Å². The van der Waals surface area contributed by atoms with Crippen LogP contribution >= 0.6 is 0 Å². The average Bonchev–Trinajstić information content (AvgIpc) is 2.01. The van der Waals surface area contributed by atoms with Crippen LogP contribution in [0.4, 0.5) is 0 Å². The van der Waals surface area contributed by atoms with Gasteiger partial charge in [0.1, 0.15) is 0 Å². The molecule has 0 radical (unpaired) electrons. The minimum Gasteiger partial charge on any atom is -0.264 e. The van der Waals surface area contributed by atoms with Crippen molar-refractivity contribution in [2.75, 3.05) is 13.1 Å². The summed E-state index contributed by atoms with van der Waals surface area (Å²) in [6.07, 6.45) is 0. The molecule has 0 saturated heterocycles. The zero-order valence-electron chi connectivity index (χ0n) is 7.31. The molecule has 0 saturated carbocycles. The van der Waals surface area contributed by atoms with Crippen LogP contribution in [0.2, 0.25) is 0 Å². The van der Waals surface area contributed by atoms with Crippen molar-refractivity contribution in [2.45, 2.75) is 9.03 Å². The molecule has 0 heterocycles. The Kier molecular flexibility index (Phi) is 10.4. The maximum Gasteiger partial charge on any atom is 0.394 e. The van der Waals surface area contributed by atoms with E-state index in [-0.39, 0.29) is 9.03 Å². The van der Waals surface area contributed by atoms with Gasteiger partial charge < -0.3 is 0 Å². The monoisotopic (exact) mass is 322 g/mol. The van der Waals surface area contributed by atoms with Gasteiger partial charge in [0, 0.05) is 0 Å². The van der Waals surface area contributed by atoms with E-state index in [1.165, 1.54) is 0 Å². The van der Waals surface area contributed by atoms with Gasteiger partial charge in [0.15, 0.2) is 0 Å². The first kappa shape index (κ1) is 16.8. The molecule has 10 heteroatoms. The normalized spacial score (nSPS) is 15.6. The van der Waals surface area contributed by atoms with Gasteiger partial charge in [-0.05, 0) is 0 Å². The second-order valence-electron chi connectivity index (χ2n) is 1.97. The SMILES string of the molecule is NC[CH](N)[Pd][CH](N)CN.O=S(=O)(O)O. The van der Waals surface area contributed by atoms with Gasteiger partial charge >= 0.3 is 73.4 Å². The van der Waals surface area contributed by atoms with Crippen LogP contribution in [0.5, 0.6) is 0 Å². The second-order valence-corrected chi connectivity index (χ2v) is 5.68. The van der Waals surface area contributed by atoms with Crippen molar-refractivity contribution in [2.24, 2.45) is 22.9 Å². The largest absolute Gasteiger partial charge is 0.394 e. The standard InChI is InChI=1S/2C2H7N2.H2O4S.Pd/c2*3-1-2-4;1-5(2,3)4;/h2*1H,2-4H2;(H2,1,2,3,4);. The van der Waals surface area contributed by atoms with E-state index in [4.69, 9.17) is 40.5 Å². The van der Waals surface area contributed by atoms with E-state index in [9.17, 15) is 0 Å². The molecular formula is C4H16N4O4PdS. The van der Waals surface area contributed by atoms with E-state index in [0.717, 1.165) is 0 Å². The molecule has 8 nitrogen and oxygen atoms in total. The quantitative estimate of drug-likeness (QED) is 0.232. The van der Waals surface area contributed by atoms with Crippen molar-refractivity contribution in [1.82, 2.24) is 0 Å². The third-order valence-corrected chi connectivity index (χ3v) is 2.76. The summed E-state index contributed by atoms with van der Waals surface area (Å²) < 4.78 is 31.7. The number of nitrogens with two attached hydrogens (primary N) is 4. The molecule has 0 aliphatic heterocycles. The Hall–Kier alpha value is 0.372. The van der Waals surface area contributed by atoms with E-state index >= 15 is 0 Å². The summed E-state index contributed by atoms with van der Waals surface area (Å²) in [5.41, 5.74) is 21.6. The molecule has 0 aromatic heterocycles. The minimum atomic E-state index is -4.67. The fourth-order valence-electron chi connectivity index (χ4n) is 0.260. The van der Waals surface area contributed by atoms with Crippen LogP contribution in [0.15, 0.2) is 0 Å². The van der Waals surface area contributed by atoms with Gasteiger partial charge in [-0.3, -0.25) is 9.11 Å². The van der Waals surface area contributed by atoms with Crippen LogP contribution in [0.3, 0.4) is 0 Å². The molecule has 0 rings (SSSR count). The topological polar surface area (TPSA) is 179 Å². The Morgan fingerprint density at radius 1 is 1.07 bits per heavy atom. The van der Waals surface area contributed by atoms with Crippen molar-refractivity contribution in [3.8, 4) is 0 Å². The van der Waals surface area contributed by atoms with Gasteiger partial charge in [-0.25, -0.2) is 0 Å². The minimum absolute atomic E-state index is 0.0533. The Morgan fingerprint density at radius 2 is 1.29 bits per heavy atom. The van der Waals surface area contributed by atoms with Crippen LogP contribution < -0.4 is 22.9 Å². The maximum atomic E-state index is 8.74. The molecule has 0 bridgehead atoms. The fraction of sp³-hybridized carbons (Fsp3) is 1.00. The van der Waals surface area contributed by atoms with Gasteiger partial charge in [0.2, 0.25) is 0 Å². The van der Waals surface area contributed by atoms with Gasteiger partial charge in [-0.15, -0.1) is 0 Å². The van der Waals surface area contributed by atoms with Crippen LogP contribution in [0, 0.1) is 0 Å². The molecule has 92 valence electrons. The first-order valence-electron chi connectivity index (χ1n) is 3.36. The Bertz CT molecular complexity index is 207. The summed E-state index contributed by atoms with van der Waals surface area (Å²) in [4.78, 5) is 0. The number of hydrogen-bond acceptors (Lipinski definition) is 6. The molecule has 0 aromatic rings. The number of hydrogen-bond donors (Lipinski definition) is 6. The van der Waals surface area contributed by atoms with E-state index < -0.39 is 10.4 Å². The second kappa shape index (κ2) is 8.66. The first-order chi connectivity index (χ1) is 6.20. The Labute approximate surface area is 91.1 Å². The molecule has 10 N–H and O–H groups in total. The Morgan fingerprint density at radius 3 is 1.43 bits per heavy atom. The van der Waals surface area contributed by atoms with Crippen molar-refractivity contribution < 1.29 is 35.5 Å². The average molecular weight is 323 g/mol. The molecule has 0 fully saturated rings. The summed E-state index contributed by atoms with van der Waals surface area (Å²) in [6, 6.07) is 0. The predicted octanol–water partition coefficient (Wildman–Crippen LogP) is -3.10. The van der Waals surface area contributed by atoms with E-state index in [0.29, 0.717) is 31.1 Å². The molecule has 0 aromatic carbocycles. The third-order valence-electron chi connectivity index (χ3n) is 0.692. The molecule has 0 amide bonds.